The fourth-order valence-electron chi connectivity index (χ4n) is 1.90. The second-order valence-corrected chi connectivity index (χ2v) is 4.68. The summed E-state index contributed by atoms with van der Waals surface area (Å²) in [4.78, 5) is 12.5. The number of nitrogens with zero attached hydrogens (tertiary/aromatic N) is 1. The predicted molar refractivity (Wildman–Crippen MR) is 63.5 cm³/mol. The minimum atomic E-state index is -4.13. The second-order valence-electron chi connectivity index (χ2n) is 4.68. The molecule has 18 heavy (non-hydrogen) atoms. The summed E-state index contributed by atoms with van der Waals surface area (Å²) in [6.45, 7) is 5.48. The highest BCUT2D eigenvalue weighted by Crippen LogP contribution is 2.24. The molecule has 3 nitrogen and oxygen atoms in total. The van der Waals surface area contributed by atoms with Crippen molar-refractivity contribution < 1.29 is 23.1 Å². The van der Waals surface area contributed by atoms with Crippen LogP contribution in [0.4, 0.5) is 13.2 Å². The molecule has 1 N–H and O–H groups in total. The first kappa shape index (κ1) is 17.2. The Labute approximate surface area is 106 Å². The van der Waals surface area contributed by atoms with Crippen molar-refractivity contribution in [3.05, 3.63) is 0 Å². The fraction of sp³-hybridized carbons (Fsp3) is 0.917. The molecule has 0 radical (unpaired) electrons. The smallest absolute Gasteiger partial charge is 0.389 e. The van der Waals surface area contributed by atoms with E-state index in [4.69, 9.17) is 5.11 Å². The Balaban J connectivity index is 4.29. The van der Waals surface area contributed by atoms with E-state index in [2.05, 4.69) is 0 Å². The van der Waals surface area contributed by atoms with Crippen LogP contribution in [-0.2, 0) is 4.79 Å². The van der Waals surface area contributed by atoms with Crippen molar-refractivity contribution in [2.24, 2.45) is 0 Å². The van der Waals surface area contributed by atoms with Gasteiger partial charge >= 0.3 is 12.1 Å². The molecule has 0 saturated carbocycles. The highest BCUT2D eigenvalue weighted by molar-refractivity contribution is 5.69. The third kappa shape index (κ3) is 7.53. The lowest BCUT2D eigenvalue weighted by Gasteiger charge is -2.32. The van der Waals surface area contributed by atoms with Crippen molar-refractivity contribution in [2.75, 3.05) is 6.54 Å². The number of carboxylic acids is 1. The standard InChI is InChI=1S/C12H22F3NO2/c1-4-9(2)16(8-11(17)18)10(3)6-5-7-12(13,14)15/h9-10H,4-8H2,1-3H3,(H,17,18). The molecule has 0 rings (SSSR count). The molecule has 0 amide bonds. The van der Waals surface area contributed by atoms with Crippen molar-refractivity contribution in [3.63, 3.8) is 0 Å². The average molecular weight is 269 g/mol. The summed E-state index contributed by atoms with van der Waals surface area (Å²) in [5.41, 5.74) is 0. The number of halogens is 3. The van der Waals surface area contributed by atoms with Gasteiger partial charge in [0.25, 0.3) is 0 Å². The Kier molecular flexibility index (Phi) is 7.28. The summed E-state index contributed by atoms with van der Waals surface area (Å²) in [6, 6.07) is -0.0969. The summed E-state index contributed by atoms with van der Waals surface area (Å²) in [5.74, 6) is -0.946. The molecule has 2 atom stereocenters. The molecular formula is C12H22F3NO2. The molecule has 0 spiro atoms. The molecular weight excluding hydrogens is 247 g/mol. The van der Waals surface area contributed by atoms with Crippen LogP contribution < -0.4 is 0 Å². The van der Waals surface area contributed by atoms with Gasteiger partial charge in [0.05, 0.1) is 6.54 Å². The molecule has 0 aromatic rings. The van der Waals surface area contributed by atoms with E-state index in [1.54, 1.807) is 11.8 Å². The number of aliphatic carboxylic acids is 1. The van der Waals surface area contributed by atoms with Gasteiger partial charge in [-0.05, 0) is 33.1 Å². The van der Waals surface area contributed by atoms with E-state index in [0.717, 1.165) is 6.42 Å². The van der Waals surface area contributed by atoms with Gasteiger partial charge in [-0.3, -0.25) is 9.69 Å². The summed E-state index contributed by atoms with van der Waals surface area (Å²) in [6.07, 6.45) is -3.77. The first-order valence-corrected chi connectivity index (χ1v) is 6.21. The highest BCUT2D eigenvalue weighted by Gasteiger charge is 2.28. The van der Waals surface area contributed by atoms with Gasteiger partial charge in [-0.15, -0.1) is 0 Å². The maximum absolute atomic E-state index is 12.0. The first-order valence-electron chi connectivity index (χ1n) is 6.21. The summed E-state index contributed by atoms with van der Waals surface area (Å²) >= 11 is 0. The zero-order chi connectivity index (χ0) is 14.3. The van der Waals surface area contributed by atoms with Crippen molar-refractivity contribution in [2.45, 2.75) is 64.7 Å². The second kappa shape index (κ2) is 7.61. The Hall–Kier alpha value is -0.780. The van der Waals surface area contributed by atoms with E-state index >= 15 is 0 Å². The first-order chi connectivity index (χ1) is 8.17. The Morgan fingerprint density at radius 2 is 1.83 bits per heavy atom. The Morgan fingerprint density at radius 1 is 1.28 bits per heavy atom. The van der Waals surface area contributed by atoms with Gasteiger partial charge in [-0.2, -0.15) is 13.2 Å². The van der Waals surface area contributed by atoms with Gasteiger partial charge in [0.2, 0.25) is 0 Å². The summed E-state index contributed by atoms with van der Waals surface area (Å²) in [7, 11) is 0. The number of carboxylic acid groups (broad SMARTS) is 1. The van der Waals surface area contributed by atoms with E-state index in [-0.39, 0.29) is 25.0 Å². The summed E-state index contributed by atoms with van der Waals surface area (Å²) < 4.78 is 36.1. The van der Waals surface area contributed by atoms with Gasteiger partial charge in [0.1, 0.15) is 0 Å². The van der Waals surface area contributed by atoms with E-state index in [0.29, 0.717) is 6.42 Å². The van der Waals surface area contributed by atoms with Gasteiger partial charge in [0.15, 0.2) is 0 Å². The van der Waals surface area contributed by atoms with Crippen molar-refractivity contribution >= 4 is 5.97 Å². The van der Waals surface area contributed by atoms with Crippen LogP contribution >= 0.6 is 0 Å². The van der Waals surface area contributed by atoms with Crippen LogP contribution in [-0.4, -0.2) is 40.8 Å². The number of alkyl halides is 3. The van der Waals surface area contributed by atoms with Gasteiger partial charge in [-0.25, -0.2) is 0 Å². The minimum Gasteiger partial charge on any atom is -0.480 e. The molecule has 0 aliphatic rings. The molecule has 0 fully saturated rings. The number of carbonyl (C=O) groups is 1. The molecule has 2 unspecified atom stereocenters. The van der Waals surface area contributed by atoms with Crippen LogP contribution in [0.15, 0.2) is 0 Å². The highest BCUT2D eigenvalue weighted by atomic mass is 19.4. The Bertz CT molecular complexity index is 256. The van der Waals surface area contributed by atoms with E-state index in [1.807, 2.05) is 13.8 Å². The summed E-state index contributed by atoms with van der Waals surface area (Å²) in [5, 5.41) is 8.81. The Morgan fingerprint density at radius 3 is 2.22 bits per heavy atom. The molecule has 0 aliphatic carbocycles. The zero-order valence-corrected chi connectivity index (χ0v) is 11.1. The molecule has 0 bridgehead atoms. The SMILES string of the molecule is CCC(C)N(CC(=O)O)C(C)CCCC(F)(F)F. The molecule has 0 aromatic carbocycles. The van der Waals surface area contributed by atoms with Crippen molar-refractivity contribution in [3.8, 4) is 0 Å². The van der Waals surface area contributed by atoms with Crippen molar-refractivity contribution in [1.29, 1.82) is 0 Å². The van der Waals surface area contributed by atoms with Gasteiger partial charge in [0, 0.05) is 18.5 Å². The lowest BCUT2D eigenvalue weighted by molar-refractivity contribution is -0.141. The maximum atomic E-state index is 12.0. The van der Waals surface area contributed by atoms with Crippen LogP contribution in [0.25, 0.3) is 0 Å². The molecule has 0 heterocycles. The normalized spacial score (nSPS) is 15.7. The lowest BCUT2D eigenvalue weighted by atomic mass is 10.1. The van der Waals surface area contributed by atoms with Crippen molar-refractivity contribution in [1.82, 2.24) is 4.90 Å². The topological polar surface area (TPSA) is 40.5 Å². The van der Waals surface area contributed by atoms with Crippen LogP contribution in [0.1, 0.15) is 46.5 Å². The largest absolute Gasteiger partial charge is 0.480 e. The van der Waals surface area contributed by atoms with E-state index in [1.165, 1.54) is 0 Å². The van der Waals surface area contributed by atoms with Crippen LogP contribution in [0, 0.1) is 0 Å². The zero-order valence-electron chi connectivity index (χ0n) is 11.1. The molecule has 0 saturated heterocycles. The lowest BCUT2D eigenvalue weighted by Crippen LogP contribution is -2.43. The number of hydrogen-bond acceptors (Lipinski definition) is 2. The van der Waals surface area contributed by atoms with Gasteiger partial charge in [-0.1, -0.05) is 6.92 Å². The van der Waals surface area contributed by atoms with Crippen LogP contribution in [0.5, 0.6) is 0 Å². The van der Waals surface area contributed by atoms with Crippen LogP contribution in [0.3, 0.4) is 0 Å². The van der Waals surface area contributed by atoms with Crippen LogP contribution in [0.2, 0.25) is 0 Å². The third-order valence-electron chi connectivity index (χ3n) is 3.12. The van der Waals surface area contributed by atoms with Gasteiger partial charge < -0.3 is 5.11 Å². The number of rotatable bonds is 8. The van der Waals surface area contributed by atoms with E-state index < -0.39 is 18.6 Å². The minimum absolute atomic E-state index is 0.0389. The quantitative estimate of drug-likeness (QED) is 0.735. The maximum Gasteiger partial charge on any atom is 0.389 e. The average Bonchev–Trinajstić information content (AvgIpc) is 2.22. The molecule has 108 valence electrons. The molecule has 0 aliphatic heterocycles. The molecule has 0 aromatic heterocycles. The molecule has 6 heteroatoms. The van der Waals surface area contributed by atoms with E-state index in [9.17, 15) is 18.0 Å². The fourth-order valence-corrected chi connectivity index (χ4v) is 1.90. The number of hydrogen-bond donors (Lipinski definition) is 1. The predicted octanol–water partition coefficient (Wildman–Crippen LogP) is 3.29. The third-order valence-corrected chi connectivity index (χ3v) is 3.12. The monoisotopic (exact) mass is 269 g/mol.